The van der Waals surface area contributed by atoms with Gasteiger partial charge in [-0.2, -0.15) is 0 Å². The van der Waals surface area contributed by atoms with E-state index in [-0.39, 0.29) is 11.6 Å². The van der Waals surface area contributed by atoms with Crippen LogP contribution in [-0.2, 0) is 17.6 Å². The van der Waals surface area contributed by atoms with Crippen molar-refractivity contribution >= 4 is 23.4 Å². The van der Waals surface area contributed by atoms with Crippen LogP contribution in [-0.4, -0.2) is 27.4 Å². The number of halogens is 1. The third kappa shape index (κ3) is 3.08. The fourth-order valence-electron chi connectivity index (χ4n) is 2.66. The van der Waals surface area contributed by atoms with Crippen molar-refractivity contribution in [2.45, 2.75) is 45.7 Å². The maximum Gasteiger partial charge on any atom is 0.349 e. The third-order valence-corrected chi connectivity index (χ3v) is 4.29. The molecule has 1 aliphatic rings. The molecule has 118 valence electrons. The molecule has 5 heteroatoms. The van der Waals surface area contributed by atoms with E-state index in [0.29, 0.717) is 30.6 Å². The number of aryl methyl sites for hydroxylation is 1. The minimum Gasteiger partial charge on any atom is -0.477 e. The summed E-state index contributed by atoms with van der Waals surface area (Å²) in [7, 11) is 0. The standard InChI is InChI=1S/C17H21FN2O2/c1-5-13-15(19-11(4)16(21)22)8-12-9-17(18,10(2)3)7-6-14(12)20-13/h5,8,10H,1,6-7,9H2,2-4H3,(H,21,22)/t17-/m0/s1. The fourth-order valence-corrected chi connectivity index (χ4v) is 2.66. The van der Waals surface area contributed by atoms with Gasteiger partial charge in [0.1, 0.15) is 11.4 Å². The van der Waals surface area contributed by atoms with Crippen molar-refractivity contribution in [3.8, 4) is 0 Å². The van der Waals surface area contributed by atoms with Gasteiger partial charge in [-0.25, -0.2) is 14.2 Å². The number of carboxylic acid groups (broad SMARTS) is 1. The normalized spacial score (nSPS) is 21.6. The molecule has 0 aliphatic heterocycles. The molecule has 0 bridgehead atoms. The Labute approximate surface area is 129 Å². The molecule has 1 N–H and O–H groups in total. The van der Waals surface area contributed by atoms with Crippen molar-refractivity contribution in [1.29, 1.82) is 0 Å². The van der Waals surface area contributed by atoms with E-state index >= 15 is 0 Å². The molecule has 0 aromatic carbocycles. The summed E-state index contributed by atoms with van der Waals surface area (Å²) in [6, 6.07) is 1.75. The minimum absolute atomic E-state index is 0.0315. The maximum absolute atomic E-state index is 14.9. The second kappa shape index (κ2) is 5.99. The first-order chi connectivity index (χ1) is 10.3. The van der Waals surface area contributed by atoms with E-state index in [4.69, 9.17) is 5.11 Å². The molecule has 1 aromatic rings. The molecule has 1 atom stereocenters. The van der Waals surface area contributed by atoms with Gasteiger partial charge in [-0.05, 0) is 43.4 Å². The van der Waals surface area contributed by atoms with E-state index in [9.17, 15) is 9.18 Å². The monoisotopic (exact) mass is 304 g/mol. The summed E-state index contributed by atoms with van der Waals surface area (Å²) in [6.07, 6.45) is 2.87. The van der Waals surface area contributed by atoms with Gasteiger partial charge in [0.2, 0.25) is 0 Å². The lowest BCUT2D eigenvalue weighted by Crippen LogP contribution is -2.36. The summed E-state index contributed by atoms with van der Waals surface area (Å²) in [4.78, 5) is 19.5. The number of hydrogen-bond donors (Lipinski definition) is 1. The lowest BCUT2D eigenvalue weighted by molar-refractivity contribution is -0.129. The summed E-state index contributed by atoms with van der Waals surface area (Å²) in [5, 5.41) is 8.96. The van der Waals surface area contributed by atoms with Crippen molar-refractivity contribution < 1.29 is 14.3 Å². The third-order valence-electron chi connectivity index (χ3n) is 4.29. The fraction of sp³-hybridized carbons (Fsp3) is 0.471. The van der Waals surface area contributed by atoms with Gasteiger partial charge in [0.15, 0.2) is 0 Å². The van der Waals surface area contributed by atoms with Crippen LogP contribution in [0.1, 0.15) is 44.1 Å². The van der Waals surface area contributed by atoms with E-state index in [2.05, 4.69) is 16.6 Å². The first-order valence-corrected chi connectivity index (χ1v) is 7.39. The Balaban J connectivity index is 2.49. The Morgan fingerprint density at radius 2 is 2.27 bits per heavy atom. The van der Waals surface area contributed by atoms with Crippen molar-refractivity contribution in [3.63, 3.8) is 0 Å². The molecule has 22 heavy (non-hydrogen) atoms. The number of carboxylic acids is 1. The molecule has 0 amide bonds. The SMILES string of the molecule is C=Cc1nc2c(cc1N=C(C)C(=O)O)C[C@](F)(C(C)C)CC2. The summed E-state index contributed by atoms with van der Waals surface area (Å²) < 4.78 is 14.9. The summed E-state index contributed by atoms with van der Waals surface area (Å²) in [5.41, 5.74) is 1.36. The number of pyridine rings is 1. The zero-order valence-electron chi connectivity index (χ0n) is 13.2. The zero-order valence-corrected chi connectivity index (χ0v) is 13.2. The highest BCUT2D eigenvalue weighted by Crippen LogP contribution is 2.38. The Hall–Kier alpha value is -2.04. The quantitative estimate of drug-likeness (QED) is 0.862. The van der Waals surface area contributed by atoms with Crippen LogP contribution in [0.25, 0.3) is 6.08 Å². The van der Waals surface area contributed by atoms with Gasteiger partial charge in [-0.3, -0.25) is 4.98 Å². The minimum atomic E-state index is -1.24. The molecular formula is C17H21FN2O2. The number of aromatic nitrogens is 1. The Kier molecular flexibility index (Phi) is 4.44. The topological polar surface area (TPSA) is 62.5 Å². The van der Waals surface area contributed by atoms with E-state index in [1.54, 1.807) is 12.1 Å². The van der Waals surface area contributed by atoms with E-state index < -0.39 is 11.6 Å². The van der Waals surface area contributed by atoms with Crippen LogP contribution >= 0.6 is 0 Å². The molecule has 2 rings (SSSR count). The molecule has 0 fully saturated rings. The molecular weight excluding hydrogens is 283 g/mol. The summed E-state index contributed by atoms with van der Waals surface area (Å²) in [5.74, 6) is -1.16. The first-order valence-electron chi connectivity index (χ1n) is 7.39. The van der Waals surface area contributed by atoms with Gasteiger partial charge >= 0.3 is 5.97 Å². The first kappa shape index (κ1) is 16.3. The Bertz CT molecular complexity index is 652. The number of aliphatic imine (C=N–C) groups is 1. The summed E-state index contributed by atoms with van der Waals surface area (Å²) in [6.45, 7) is 8.87. The smallest absolute Gasteiger partial charge is 0.349 e. The second-order valence-corrected chi connectivity index (χ2v) is 6.07. The van der Waals surface area contributed by atoms with Crippen LogP contribution in [0, 0.1) is 5.92 Å². The van der Waals surface area contributed by atoms with Gasteiger partial charge in [-0.1, -0.05) is 20.4 Å². The Morgan fingerprint density at radius 1 is 1.59 bits per heavy atom. The predicted molar refractivity (Wildman–Crippen MR) is 85.4 cm³/mol. The highest BCUT2D eigenvalue weighted by molar-refractivity contribution is 6.35. The van der Waals surface area contributed by atoms with Crippen LogP contribution in [0.3, 0.4) is 0 Å². The Morgan fingerprint density at radius 3 is 2.82 bits per heavy atom. The largest absolute Gasteiger partial charge is 0.477 e. The van der Waals surface area contributed by atoms with Crippen LogP contribution < -0.4 is 0 Å². The molecule has 1 aromatic heterocycles. The van der Waals surface area contributed by atoms with Crippen molar-refractivity contribution in [2.24, 2.45) is 10.9 Å². The average Bonchev–Trinajstić information content (AvgIpc) is 2.46. The van der Waals surface area contributed by atoms with Gasteiger partial charge in [0, 0.05) is 12.1 Å². The predicted octanol–water partition coefficient (Wildman–Crippen LogP) is 3.75. The lowest BCUT2D eigenvalue weighted by Gasteiger charge is -2.34. The van der Waals surface area contributed by atoms with Crippen molar-refractivity contribution in [2.75, 3.05) is 0 Å². The number of carbonyl (C=O) groups is 1. The zero-order chi connectivity index (χ0) is 16.5. The van der Waals surface area contributed by atoms with Crippen molar-refractivity contribution in [3.05, 3.63) is 29.6 Å². The number of nitrogens with zero attached hydrogens (tertiary/aromatic N) is 2. The van der Waals surface area contributed by atoms with Crippen LogP contribution in [0.15, 0.2) is 17.6 Å². The van der Waals surface area contributed by atoms with Gasteiger partial charge in [0.25, 0.3) is 0 Å². The molecule has 0 unspecified atom stereocenters. The lowest BCUT2D eigenvalue weighted by atomic mass is 9.77. The van der Waals surface area contributed by atoms with E-state index in [0.717, 1.165) is 11.3 Å². The molecule has 1 aliphatic carbocycles. The van der Waals surface area contributed by atoms with Crippen molar-refractivity contribution in [1.82, 2.24) is 4.98 Å². The number of rotatable bonds is 4. The van der Waals surface area contributed by atoms with Crippen LogP contribution in [0.5, 0.6) is 0 Å². The maximum atomic E-state index is 14.9. The highest BCUT2D eigenvalue weighted by Gasteiger charge is 2.38. The molecule has 4 nitrogen and oxygen atoms in total. The molecule has 0 spiro atoms. The van der Waals surface area contributed by atoms with Gasteiger partial charge in [0.05, 0.1) is 11.4 Å². The molecule has 1 heterocycles. The van der Waals surface area contributed by atoms with E-state index in [1.807, 2.05) is 13.8 Å². The molecule has 0 saturated carbocycles. The summed E-state index contributed by atoms with van der Waals surface area (Å²) >= 11 is 0. The number of fused-ring (bicyclic) bond motifs is 1. The van der Waals surface area contributed by atoms with E-state index in [1.165, 1.54) is 6.92 Å². The molecule has 0 saturated heterocycles. The highest BCUT2D eigenvalue weighted by atomic mass is 19.1. The van der Waals surface area contributed by atoms with Crippen LogP contribution in [0.4, 0.5) is 10.1 Å². The van der Waals surface area contributed by atoms with Gasteiger partial charge in [-0.15, -0.1) is 0 Å². The second-order valence-electron chi connectivity index (χ2n) is 6.07. The number of hydrogen-bond acceptors (Lipinski definition) is 3. The average molecular weight is 304 g/mol. The number of alkyl halides is 1. The van der Waals surface area contributed by atoms with Gasteiger partial charge < -0.3 is 5.11 Å². The molecule has 0 radical (unpaired) electrons. The van der Waals surface area contributed by atoms with Crippen LogP contribution in [0.2, 0.25) is 0 Å². The number of aliphatic carboxylic acids is 1.